The maximum absolute atomic E-state index is 11.7. The number of hydrogen-bond acceptors (Lipinski definition) is 3. The smallest absolute Gasteiger partial charge is 0.230 e. The van der Waals surface area contributed by atoms with Crippen LogP contribution in [0, 0.1) is 0 Å². The van der Waals surface area contributed by atoms with Crippen molar-refractivity contribution in [3.05, 3.63) is 0 Å². The fraction of sp³-hybridized carbons (Fsp3) is 0.923. The summed E-state index contributed by atoms with van der Waals surface area (Å²) < 4.78 is 0. The zero-order valence-electron chi connectivity index (χ0n) is 11.1. The summed E-state index contributed by atoms with van der Waals surface area (Å²) in [6.45, 7) is 3.98. The van der Waals surface area contributed by atoms with Gasteiger partial charge in [0.05, 0.1) is 5.75 Å². The second-order valence-electron chi connectivity index (χ2n) is 5.74. The highest BCUT2D eigenvalue weighted by atomic mass is 32.2. The summed E-state index contributed by atoms with van der Waals surface area (Å²) in [5.74, 6) is 1.54. The van der Waals surface area contributed by atoms with E-state index in [0.29, 0.717) is 11.8 Å². The molecule has 0 radical (unpaired) electrons. The van der Waals surface area contributed by atoms with Crippen LogP contribution in [0.4, 0.5) is 0 Å². The van der Waals surface area contributed by atoms with Crippen LogP contribution in [0.15, 0.2) is 0 Å². The van der Waals surface area contributed by atoms with Gasteiger partial charge in [-0.2, -0.15) is 11.8 Å². The standard InChI is InChI=1S/C13H26N2OS/c1-13(2,14)10-17-9-12(16)15-11-7-5-3-4-6-8-11/h11H,3-10,14H2,1-2H3,(H,15,16). The maximum Gasteiger partial charge on any atom is 0.230 e. The molecule has 1 amide bonds. The zero-order chi connectivity index (χ0) is 12.7. The van der Waals surface area contributed by atoms with Crippen molar-refractivity contribution in [3.8, 4) is 0 Å². The highest BCUT2D eigenvalue weighted by molar-refractivity contribution is 8.00. The van der Waals surface area contributed by atoms with Crippen LogP contribution in [0.3, 0.4) is 0 Å². The largest absolute Gasteiger partial charge is 0.353 e. The number of nitrogens with two attached hydrogens (primary N) is 1. The van der Waals surface area contributed by atoms with E-state index in [-0.39, 0.29) is 11.4 Å². The third kappa shape index (κ3) is 7.66. The van der Waals surface area contributed by atoms with Crippen molar-refractivity contribution < 1.29 is 4.79 Å². The molecule has 1 fully saturated rings. The Kier molecular flexibility index (Phi) is 6.34. The molecule has 3 N–H and O–H groups in total. The molecule has 1 aliphatic carbocycles. The number of nitrogens with one attached hydrogen (secondary N) is 1. The molecule has 0 aromatic rings. The van der Waals surface area contributed by atoms with Gasteiger partial charge >= 0.3 is 0 Å². The Labute approximate surface area is 109 Å². The van der Waals surface area contributed by atoms with Gasteiger partial charge in [-0.1, -0.05) is 25.7 Å². The van der Waals surface area contributed by atoms with Gasteiger partial charge in [0.2, 0.25) is 5.91 Å². The highest BCUT2D eigenvalue weighted by Gasteiger charge is 2.16. The van der Waals surface area contributed by atoms with Crippen LogP contribution >= 0.6 is 11.8 Å². The molecule has 0 saturated heterocycles. The number of thioether (sulfide) groups is 1. The molecule has 0 spiro atoms. The molecular formula is C13H26N2OS. The van der Waals surface area contributed by atoms with E-state index in [0.717, 1.165) is 18.6 Å². The predicted molar refractivity (Wildman–Crippen MR) is 75.2 cm³/mol. The number of amides is 1. The molecule has 0 atom stereocenters. The van der Waals surface area contributed by atoms with E-state index in [1.54, 1.807) is 11.8 Å². The molecule has 1 rings (SSSR count). The number of hydrogen-bond donors (Lipinski definition) is 2. The first-order chi connectivity index (χ1) is 7.97. The van der Waals surface area contributed by atoms with Crippen molar-refractivity contribution in [2.24, 2.45) is 5.73 Å². The molecule has 0 unspecified atom stereocenters. The Morgan fingerprint density at radius 3 is 2.41 bits per heavy atom. The summed E-state index contributed by atoms with van der Waals surface area (Å²) in [6.07, 6.45) is 7.46. The van der Waals surface area contributed by atoms with Gasteiger partial charge in [0.25, 0.3) is 0 Å². The summed E-state index contributed by atoms with van der Waals surface area (Å²) >= 11 is 1.63. The first-order valence-corrected chi connectivity index (χ1v) is 7.79. The summed E-state index contributed by atoms with van der Waals surface area (Å²) in [4.78, 5) is 11.7. The minimum Gasteiger partial charge on any atom is -0.353 e. The Morgan fingerprint density at radius 1 is 1.29 bits per heavy atom. The molecule has 0 heterocycles. The van der Waals surface area contributed by atoms with Crippen LogP contribution in [0.1, 0.15) is 52.4 Å². The van der Waals surface area contributed by atoms with Crippen molar-refractivity contribution >= 4 is 17.7 Å². The molecule has 4 heteroatoms. The second kappa shape index (κ2) is 7.27. The minimum atomic E-state index is -0.187. The SMILES string of the molecule is CC(C)(N)CSCC(=O)NC1CCCCCC1. The van der Waals surface area contributed by atoms with Crippen LogP contribution in [0.2, 0.25) is 0 Å². The van der Waals surface area contributed by atoms with Crippen molar-refractivity contribution in [1.29, 1.82) is 0 Å². The lowest BCUT2D eigenvalue weighted by molar-refractivity contribution is -0.119. The number of rotatable bonds is 5. The van der Waals surface area contributed by atoms with E-state index in [2.05, 4.69) is 5.32 Å². The fourth-order valence-corrected chi connectivity index (χ4v) is 3.00. The molecule has 1 aliphatic rings. The maximum atomic E-state index is 11.7. The van der Waals surface area contributed by atoms with Crippen molar-refractivity contribution in [1.82, 2.24) is 5.32 Å². The first kappa shape index (κ1) is 14.8. The minimum absolute atomic E-state index is 0.172. The van der Waals surface area contributed by atoms with E-state index in [1.165, 1.54) is 25.7 Å². The lowest BCUT2D eigenvalue weighted by Crippen LogP contribution is -2.38. The van der Waals surface area contributed by atoms with Crippen molar-refractivity contribution in [3.63, 3.8) is 0 Å². The molecule has 0 aromatic carbocycles. The van der Waals surface area contributed by atoms with Crippen LogP contribution in [-0.2, 0) is 4.79 Å². The van der Waals surface area contributed by atoms with Gasteiger partial charge in [-0.05, 0) is 26.7 Å². The summed E-state index contributed by atoms with van der Waals surface area (Å²) in [5, 5.41) is 3.14. The predicted octanol–water partition coefficient (Wildman–Crippen LogP) is 2.30. The fourth-order valence-electron chi connectivity index (χ4n) is 2.10. The topological polar surface area (TPSA) is 55.1 Å². The number of carbonyl (C=O) groups is 1. The van der Waals surface area contributed by atoms with Gasteiger partial charge in [0, 0.05) is 17.3 Å². The van der Waals surface area contributed by atoms with Gasteiger partial charge in [-0.3, -0.25) is 4.79 Å². The van der Waals surface area contributed by atoms with Gasteiger partial charge in [0.1, 0.15) is 0 Å². The van der Waals surface area contributed by atoms with E-state index >= 15 is 0 Å². The molecule has 1 saturated carbocycles. The van der Waals surface area contributed by atoms with E-state index in [1.807, 2.05) is 13.8 Å². The lowest BCUT2D eigenvalue weighted by Gasteiger charge is -2.19. The first-order valence-electron chi connectivity index (χ1n) is 6.63. The summed E-state index contributed by atoms with van der Waals surface area (Å²) in [6, 6.07) is 0.413. The molecule has 0 bridgehead atoms. The average Bonchev–Trinajstić information content (AvgIpc) is 2.44. The summed E-state index contributed by atoms with van der Waals surface area (Å²) in [7, 11) is 0. The average molecular weight is 258 g/mol. The van der Waals surface area contributed by atoms with Crippen LogP contribution in [-0.4, -0.2) is 29.0 Å². The summed E-state index contributed by atoms with van der Waals surface area (Å²) in [5.41, 5.74) is 5.69. The Bertz CT molecular complexity index is 230. The quantitative estimate of drug-likeness (QED) is 0.744. The third-order valence-electron chi connectivity index (χ3n) is 2.93. The molecule has 0 aliphatic heterocycles. The van der Waals surface area contributed by atoms with Gasteiger partial charge < -0.3 is 11.1 Å². The monoisotopic (exact) mass is 258 g/mol. The molecule has 0 aromatic heterocycles. The molecule has 3 nitrogen and oxygen atoms in total. The van der Waals surface area contributed by atoms with Crippen LogP contribution < -0.4 is 11.1 Å². The Balaban J connectivity index is 2.15. The second-order valence-corrected chi connectivity index (χ2v) is 6.72. The molecule has 17 heavy (non-hydrogen) atoms. The van der Waals surface area contributed by atoms with Crippen molar-refractivity contribution in [2.45, 2.75) is 64.0 Å². The van der Waals surface area contributed by atoms with Crippen molar-refractivity contribution in [2.75, 3.05) is 11.5 Å². The van der Waals surface area contributed by atoms with Gasteiger partial charge in [-0.15, -0.1) is 0 Å². The normalized spacial score (nSPS) is 18.8. The highest BCUT2D eigenvalue weighted by Crippen LogP contribution is 2.17. The van der Waals surface area contributed by atoms with Gasteiger partial charge in [-0.25, -0.2) is 0 Å². The molecule has 100 valence electrons. The Hall–Kier alpha value is -0.220. The van der Waals surface area contributed by atoms with E-state index in [4.69, 9.17) is 5.73 Å². The third-order valence-corrected chi connectivity index (χ3v) is 4.34. The lowest BCUT2D eigenvalue weighted by atomic mass is 10.1. The zero-order valence-corrected chi connectivity index (χ0v) is 11.9. The number of carbonyl (C=O) groups excluding carboxylic acids is 1. The van der Waals surface area contributed by atoms with Gasteiger partial charge in [0.15, 0.2) is 0 Å². The van der Waals surface area contributed by atoms with E-state index in [9.17, 15) is 4.79 Å². The Morgan fingerprint density at radius 2 is 1.88 bits per heavy atom. The van der Waals surface area contributed by atoms with Crippen LogP contribution in [0.25, 0.3) is 0 Å². The molecular weight excluding hydrogens is 232 g/mol. The van der Waals surface area contributed by atoms with E-state index < -0.39 is 0 Å². The van der Waals surface area contributed by atoms with Crippen LogP contribution in [0.5, 0.6) is 0 Å².